The molecule has 0 N–H and O–H groups in total. The molecule has 2 aromatic carbocycles. The van der Waals surface area contributed by atoms with Gasteiger partial charge in [0.1, 0.15) is 5.75 Å². The van der Waals surface area contributed by atoms with Crippen LogP contribution < -0.4 is 9.64 Å². The van der Waals surface area contributed by atoms with Crippen LogP contribution in [0.15, 0.2) is 53.4 Å². The number of benzene rings is 2. The van der Waals surface area contributed by atoms with E-state index in [2.05, 4.69) is 15.9 Å². The molecule has 1 aliphatic heterocycles. The van der Waals surface area contributed by atoms with Crippen molar-refractivity contribution in [3.63, 3.8) is 0 Å². The van der Waals surface area contributed by atoms with Gasteiger partial charge in [-0.25, -0.2) is 8.42 Å². The highest BCUT2D eigenvalue weighted by Crippen LogP contribution is 2.28. The zero-order valence-corrected chi connectivity index (χ0v) is 17.8. The van der Waals surface area contributed by atoms with Gasteiger partial charge >= 0.3 is 0 Å². The van der Waals surface area contributed by atoms with Crippen LogP contribution in [0.5, 0.6) is 5.75 Å². The van der Waals surface area contributed by atoms with Crippen molar-refractivity contribution in [3.8, 4) is 5.75 Å². The maximum Gasteiger partial charge on any atom is 0.181 e. The number of para-hydroxylation sites is 2. The van der Waals surface area contributed by atoms with Crippen LogP contribution in [0.25, 0.3) is 0 Å². The molecule has 3 rings (SSSR count). The standard InChI is InChI=1S/C22H30N2O3S/c1-18-8-10-20(11-9-18)28(25,26)19(2)12-13-23-14-16-24(17-15-23)21-6-4-5-7-22(21)27-3/h4-11,19H,12-17H2,1-3H3. The Morgan fingerprint density at radius 3 is 2.29 bits per heavy atom. The normalized spacial score (nSPS) is 16.8. The Labute approximate surface area is 168 Å². The zero-order chi connectivity index (χ0) is 20.1. The summed E-state index contributed by atoms with van der Waals surface area (Å²) in [6, 6.07) is 15.2. The van der Waals surface area contributed by atoms with Crippen molar-refractivity contribution in [1.82, 2.24) is 4.90 Å². The minimum atomic E-state index is -3.27. The van der Waals surface area contributed by atoms with Crippen LogP contribution in [-0.2, 0) is 9.84 Å². The first kappa shape index (κ1) is 20.7. The number of methoxy groups -OCH3 is 1. The van der Waals surface area contributed by atoms with Gasteiger partial charge in [-0.05, 0) is 51.1 Å². The number of hydrogen-bond acceptors (Lipinski definition) is 5. The van der Waals surface area contributed by atoms with E-state index in [4.69, 9.17) is 4.74 Å². The summed E-state index contributed by atoms with van der Waals surface area (Å²) in [4.78, 5) is 5.11. The average molecular weight is 403 g/mol. The summed E-state index contributed by atoms with van der Waals surface area (Å²) >= 11 is 0. The third-order valence-electron chi connectivity index (χ3n) is 5.53. The van der Waals surface area contributed by atoms with E-state index in [9.17, 15) is 8.42 Å². The number of rotatable bonds is 7. The van der Waals surface area contributed by atoms with Crippen LogP contribution in [0, 0.1) is 6.92 Å². The number of piperazine rings is 1. The molecule has 1 fully saturated rings. The van der Waals surface area contributed by atoms with Gasteiger partial charge in [-0.3, -0.25) is 4.90 Å². The molecule has 1 heterocycles. The third-order valence-corrected chi connectivity index (χ3v) is 7.75. The maximum absolute atomic E-state index is 12.8. The van der Waals surface area contributed by atoms with Crippen molar-refractivity contribution < 1.29 is 13.2 Å². The van der Waals surface area contributed by atoms with E-state index in [0.717, 1.165) is 49.7 Å². The molecular weight excluding hydrogens is 372 g/mol. The van der Waals surface area contributed by atoms with Gasteiger partial charge in [-0.1, -0.05) is 29.8 Å². The minimum absolute atomic E-state index is 0.387. The summed E-state index contributed by atoms with van der Waals surface area (Å²) in [5, 5.41) is -0.387. The van der Waals surface area contributed by atoms with E-state index in [1.807, 2.05) is 44.2 Å². The second-order valence-electron chi connectivity index (χ2n) is 7.46. The average Bonchev–Trinajstić information content (AvgIpc) is 2.72. The van der Waals surface area contributed by atoms with E-state index in [1.165, 1.54) is 0 Å². The summed E-state index contributed by atoms with van der Waals surface area (Å²) in [5.41, 5.74) is 2.19. The van der Waals surface area contributed by atoms with Crippen LogP contribution in [0.1, 0.15) is 18.9 Å². The van der Waals surface area contributed by atoms with Crippen LogP contribution in [0.2, 0.25) is 0 Å². The lowest BCUT2D eigenvalue weighted by Gasteiger charge is -2.37. The Bertz CT molecular complexity index is 873. The molecule has 5 nitrogen and oxygen atoms in total. The van der Waals surface area contributed by atoms with Gasteiger partial charge in [0.15, 0.2) is 9.84 Å². The Morgan fingerprint density at radius 2 is 1.64 bits per heavy atom. The predicted octanol–water partition coefficient (Wildman–Crippen LogP) is 3.38. The largest absolute Gasteiger partial charge is 0.495 e. The fourth-order valence-electron chi connectivity index (χ4n) is 3.58. The van der Waals surface area contributed by atoms with E-state index < -0.39 is 9.84 Å². The molecule has 0 aliphatic carbocycles. The molecule has 1 atom stereocenters. The highest BCUT2D eigenvalue weighted by molar-refractivity contribution is 7.92. The van der Waals surface area contributed by atoms with Crippen molar-refractivity contribution in [2.45, 2.75) is 30.4 Å². The van der Waals surface area contributed by atoms with Crippen LogP contribution in [0.4, 0.5) is 5.69 Å². The first-order valence-corrected chi connectivity index (χ1v) is 11.4. The molecule has 0 saturated carbocycles. The fourth-order valence-corrected chi connectivity index (χ4v) is 4.98. The lowest BCUT2D eigenvalue weighted by molar-refractivity contribution is 0.253. The molecule has 0 aromatic heterocycles. The molecule has 28 heavy (non-hydrogen) atoms. The van der Waals surface area contributed by atoms with Crippen molar-refractivity contribution in [2.75, 3.05) is 44.7 Å². The monoisotopic (exact) mass is 402 g/mol. The quantitative estimate of drug-likeness (QED) is 0.711. The lowest BCUT2D eigenvalue weighted by Crippen LogP contribution is -2.47. The Hall–Kier alpha value is -2.05. The van der Waals surface area contributed by atoms with Crippen LogP contribution in [0.3, 0.4) is 0 Å². The summed E-state index contributed by atoms with van der Waals surface area (Å²) in [6.45, 7) is 8.26. The lowest BCUT2D eigenvalue weighted by atomic mass is 10.2. The molecule has 0 spiro atoms. The van der Waals surface area contributed by atoms with Crippen molar-refractivity contribution >= 4 is 15.5 Å². The number of hydrogen-bond donors (Lipinski definition) is 0. The molecule has 6 heteroatoms. The summed E-state index contributed by atoms with van der Waals surface area (Å²) in [7, 11) is -1.57. The number of nitrogens with zero attached hydrogens (tertiary/aromatic N) is 2. The number of ether oxygens (including phenoxy) is 1. The molecule has 0 radical (unpaired) electrons. The Morgan fingerprint density at radius 1 is 1.00 bits per heavy atom. The highest BCUT2D eigenvalue weighted by atomic mass is 32.2. The fraction of sp³-hybridized carbons (Fsp3) is 0.455. The minimum Gasteiger partial charge on any atom is -0.495 e. The zero-order valence-electron chi connectivity index (χ0n) is 17.0. The van der Waals surface area contributed by atoms with Crippen LogP contribution in [-0.4, -0.2) is 58.4 Å². The van der Waals surface area contributed by atoms with Crippen molar-refractivity contribution in [1.29, 1.82) is 0 Å². The van der Waals surface area contributed by atoms with Gasteiger partial charge in [0, 0.05) is 26.2 Å². The molecule has 0 bridgehead atoms. The van der Waals surface area contributed by atoms with Gasteiger partial charge in [-0.15, -0.1) is 0 Å². The summed E-state index contributed by atoms with van der Waals surface area (Å²) in [5.74, 6) is 0.897. The van der Waals surface area contributed by atoms with E-state index in [0.29, 0.717) is 11.3 Å². The van der Waals surface area contributed by atoms with Gasteiger partial charge < -0.3 is 9.64 Å². The first-order valence-electron chi connectivity index (χ1n) is 9.82. The molecule has 2 aromatic rings. The number of aryl methyl sites for hydroxylation is 1. The predicted molar refractivity (Wildman–Crippen MR) is 114 cm³/mol. The van der Waals surface area contributed by atoms with Gasteiger partial charge in [-0.2, -0.15) is 0 Å². The van der Waals surface area contributed by atoms with E-state index in [1.54, 1.807) is 19.2 Å². The Kier molecular flexibility index (Phi) is 6.62. The SMILES string of the molecule is COc1ccccc1N1CCN(CCC(C)S(=O)(=O)c2ccc(C)cc2)CC1. The smallest absolute Gasteiger partial charge is 0.181 e. The second-order valence-corrected chi connectivity index (χ2v) is 9.82. The molecule has 0 amide bonds. The number of sulfone groups is 1. The summed E-state index contributed by atoms with van der Waals surface area (Å²) in [6.07, 6.45) is 0.644. The number of anilines is 1. The van der Waals surface area contributed by atoms with Crippen molar-refractivity contribution in [3.05, 3.63) is 54.1 Å². The maximum atomic E-state index is 12.8. The molecule has 1 unspecified atom stereocenters. The highest BCUT2D eigenvalue weighted by Gasteiger charge is 2.25. The molecule has 1 aliphatic rings. The van der Waals surface area contributed by atoms with E-state index in [-0.39, 0.29) is 5.25 Å². The van der Waals surface area contributed by atoms with Gasteiger partial charge in [0.2, 0.25) is 0 Å². The van der Waals surface area contributed by atoms with Gasteiger partial charge in [0.05, 0.1) is 22.9 Å². The summed E-state index contributed by atoms with van der Waals surface area (Å²) < 4.78 is 31.0. The van der Waals surface area contributed by atoms with Gasteiger partial charge in [0.25, 0.3) is 0 Å². The molecule has 152 valence electrons. The Balaban J connectivity index is 1.53. The van der Waals surface area contributed by atoms with Crippen LogP contribution >= 0.6 is 0 Å². The van der Waals surface area contributed by atoms with Crippen molar-refractivity contribution in [2.24, 2.45) is 0 Å². The van der Waals surface area contributed by atoms with E-state index >= 15 is 0 Å². The second kappa shape index (κ2) is 8.97. The third kappa shape index (κ3) is 4.67. The topological polar surface area (TPSA) is 49.9 Å². The molecular formula is C22H30N2O3S. The first-order chi connectivity index (χ1) is 13.4. The molecule has 1 saturated heterocycles.